The van der Waals surface area contributed by atoms with Crippen molar-refractivity contribution in [2.45, 2.75) is 50.2 Å². The first kappa shape index (κ1) is 19.7. The van der Waals surface area contributed by atoms with Gasteiger partial charge in [0.15, 0.2) is 11.0 Å². The van der Waals surface area contributed by atoms with Crippen molar-refractivity contribution < 1.29 is 4.79 Å². The fourth-order valence-corrected chi connectivity index (χ4v) is 4.09. The van der Waals surface area contributed by atoms with E-state index in [4.69, 9.17) is 0 Å². The Hall–Kier alpha value is -2.60. The molecule has 0 radical (unpaired) electrons. The Morgan fingerprint density at radius 3 is 2.55 bits per heavy atom. The van der Waals surface area contributed by atoms with E-state index < -0.39 is 0 Å². The lowest BCUT2D eigenvalue weighted by Crippen LogP contribution is -2.24. The Morgan fingerprint density at radius 1 is 1.07 bits per heavy atom. The van der Waals surface area contributed by atoms with Crippen LogP contribution in [0.1, 0.15) is 37.7 Å². The van der Waals surface area contributed by atoms with Gasteiger partial charge in [0.05, 0.1) is 0 Å². The van der Waals surface area contributed by atoms with Crippen molar-refractivity contribution in [1.82, 2.24) is 20.1 Å². The Morgan fingerprint density at radius 2 is 1.83 bits per heavy atom. The second-order valence-electron chi connectivity index (χ2n) is 7.49. The quantitative estimate of drug-likeness (QED) is 0.410. The van der Waals surface area contributed by atoms with Crippen molar-refractivity contribution in [3.05, 3.63) is 60.2 Å². The molecule has 6 heteroatoms. The van der Waals surface area contributed by atoms with E-state index >= 15 is 0 Å². The van der Waals surface area contributed by atoms with E-state index in [1.54, 1.807) is 11.8 Å². The lowest BCUT2D eigenvalue weighted by atomic mass is 10.1. The highest BCUT2D eigenvalue weighted by atomic mass is 32.2. The molecule has 1 fully saturated rings. The minimum atomic E-state index is 0.187. The topological polar surface area (TPSA) is 59.8 Å². The molecular formula is C23H26N4OS. The van der Waals surface area contributed by atoms with Gasteiger partial charge in [0.2, 0.25) is 5.91 Å². The molecule has 5 nitrogen and oxygen atoms in total. The Bertz CT molecular complexity index is 949. The number of carbonyl (C=O) groups excluding carboxylic acids is 1. The van der Waals surface area contributed by atoms with Gasteiger partial charge in [-0.3, -0.25) is 9.36 Å². The van der Waals surface area contributed by atoms with Gasteiger partial charge in [-0.1, -0.05) is 59.8 Å². The minimum Gasteiger partial charge on any atom is -0.353 e. The zero-order valence-corrected chi connectivity index (χ0v) is 17.5. The van der Waals surface area contributed by atoms with Gasteiger partial charge in [0.1, 0.15) is 0 Å². The van der Waals surface area contributed by atoms with Gasteiger partial charge in [-0.25, -0.2) is 0 Å². The van der Waals surface area contributed by atoms with E-state index in [-0.39, 0.29) is 5.91 Å². The average Bonchev–Trinajstić information content (AvgIpc) is 3.45. The fraction of sp³-hybridized carbons (Fsp3) is 0.348. The zero-order chi connectivity index (χ0) is 20.1. The van der Waals surface area contributed by atoms with Gasteiger partial charge < -0.3 is 5.32 Å². The summed E-state index contributed by atoms with van der Waals surface area (Å²) in [5.41, 5.74) is 3.33. The highest BCUT2D eigenvalue weighted by molar-refractivity contribution is 7.99. The number of para-hydroxylation sites is 1. The maximum absolute atomic E-state index is 11.8. The van der Waals surface area contributed by atoms with Crippen LogP contribution in [-0.2, 0) is 4.79 Å². The first-order chi connectivity index (χ1) is 14.2. The van der Waals surface area contributed by atoms with Gasteiger partial charge >= 0.3 is 0 Å². The third kappa shape index (κ3) is 5.26. The molecule has 0 atom stereocenters. The number of aromatic nitrogens is 3. The van der Waals surface area contributed by atoms with Crippen molar-refractivity contribution >= 4 is 17.7 Å². The van der Waals surface area contributed by atoms with Crippen molar-refractivity contribution in [2.24, 2.45) is 0 Å². The maximum atomic E-state index is 11.8. The molecule has 29 heavy (non-hydrogen) atoms. The number of rotatable bonds is 9. The summed E-state index contributed by atoms with van der Waals surface area (Å²) in [4.78, 5) is 11.8. The zero-order valence-electron chi connectivity index (χ0n) is 16.7. The van der Waals surface area contributed by atoms with E-state index in [1.165, 1.54) is 5.56 Å². The summed E-state index contributed by atoms with van der Waals surface area (Å²) in [6.45, 7) is 2.08. The lowest BCUT2D eigenvalue weighted by Gasteiger charge is -2.10. The van der Waals surface area contributed by atoms with Gasteiger partial charge in [-0.2, -0.15) is 0 Å². The standard InChI is InChI=1S/C23H26N4OS/c1-17-10-12-18(13-11-17)22-25-26-23(27(22)20-7-3-2-4-8-20)29-16-6-5-9-21(28)24-19-14-15-19/h2-4,7-8,10-13,19H,5-6,9,14-16H2,1H3,(H,24,28). The highest BCUT2D eigenvalue weighted by Crippen LogP contribution is 2.28. The van der Waals surface area contributed by atoms with Gasteiger partial charge in [-0.15, -0.1) is 10.2 Å². The van der Waals surface area contributed by atoms with E-state index in [0.717, 1.165) is 53.7 Å². The molecule has 1 aliphatic carbocycles. The fourth-order valence-electron chi connectivity index (χ4n) is 3.14. The molecule has 1 N–H and O–H groups in total. The molecule has 1 aromatic heterocycles. The molecule has 150 valence electrons. The average molecular weight is 407 g/mol. The Kier molecular flexibility index (Phi) is 6.30. The van der Waals surface area contributed by atoms with E-state index in [9.17, 15) is 4.79 Å². The molecule has 2 aromatic carbocycles. The van der Waals surface area contributed by atoms with Gasteiger partial charge in [0.25, 0.3) is 0 Å². The number of aryl methyl sites for hydroxylation is 1. The molecule has 1 heterocycles. The number of nitrogens with one attached hydrogen (secondary N) is 1. The molecule has 1 aliphatic rings. The molecule has 4 rings (SSSR count). The number of hydrogen-bond donors (Lipinski definition) is 1. The summed E-state index contributed by atoms with van der Waals surface area (Å²) in [5.74, 6) is 1.95. The Balaban J connectivity index is 1.43. The number of unbranched alkanes of at least 4 members (excludes halogenated alkanes) is 1. The van der Waals surface area contributed by atoms with Crippen LogP contribution in [0.2, 0.25) is 0 Å². The Labute approximate surface area is 175 Å². The van der Waals surface area contributed by atoms with Crippen LogP contribution in [0.3, 0.4) is 0 Å². The van der Waals surface area contributed by atoms with Gasteiger partial charge in [0, 0.05) is 29.5 Å². The summed E-state index contributed by atoms with van der Waals surface area (Å²) in [6.07, 6.45) is 4.76. The number of thioether (sulfide) groups is 1. The van der Waals surface area contributed by atoms with Crippen molar-refractivity contribution in [1.29, 1.82) is 0 Å². The van der Waals surface area contributed by atoms with Crippen LogP contribution >= 0.6 is 11.8 Å². The van der Waals surface area contributed by atoms with Crippen LogP contribution in [0.15, 0.2) is 59.8 Å². The SMILES string of the molecule is Cc1ccc(-c2nnc(SCCCCC(=O)NC3CC3)n2-c2ccccc2)cc1. The smallest absolute Gasteiger partial charge is 0.220 e. The number of carbonyl (C=O) groups is 1. The van der Waals surface area contributed by atoms with Crippen molar-refractivity contribution in [3.63, 3.8) is 0 Å². The summed E-state index contributed by atoms with van der Waals surface area (Å²) in [7, 11) is 0. The largest absolute Gasteiger partial charge is 0.353 e. The summed E-state index contributed by atoms with van der Waals surface area (Å²) in [6, 6.07) is 19.0. The number of amides is 1. The van der Waals surface area contributed by atoms with Crippen LogP contribution in [0.5, 0.6) is 0 Å². The normalized spacial score (nSPS) is 13.4. The van der Waals surface area contributed by atoms with E-state index in [1.807, 2.05) is 18.2 Å². The molecule has 1 amide bonds. The molecule has 0 unspecified atom stereocenters. The monoisotopic (exact) mass is 406 g/mol. The molecule has 0 saturated heterocycles. The van der Waals surface area contributed by atoms with Crippen LogP contribution in [0, 0.1) is 6.92 Å². The second-order valence-corrected chi connectivity index (χ2v) is 8.55. The van der Waals surface area contributed by atoms with Gasteiger partial charge in [-0.05, 0) is 44.7 Å². The number of hydrogen-bond acceptors (Lipinski definition) is 4. The molecular weight excluding hydrogens is 380 g/mol. The summed E-state index contributed by atoms with van der Waals surface area (Å²) in [5, 5.41) is 12.9. The van der Waals surface area contributed by atoms with E-state index in [2.05, 4.69) is 63.4 Å². The van der Waals surface area contributed by atoms with Crippen molar-refractivity contribution in [3.8, 4) is 17.1 Å². The van der Waals surface area contributed by atoms with Crippen LogP contribution in [0.25, 0.3) is 17.1 Å². The third-order valence-corrected chi connectivity index (χ3v) is 5.94. The molecule has 0 spiro atoms. The maximum Gasteiger partial charge on any atom is 0.220 e. The van der Waals surface area contributed by atoms with Crippen LogP contribution in [-0.4, -0.2) is 32.5 Å². The first-order valence-corrected chi connectivity index (χ1v) is 11.2. The van der Waals surface area contributed by atoms with Crippen LogP contribution in [0.4, 0.5) is 0 Å². The molecule has 1 saturated carbocycles. The number of benzene rings is 2. The molecule has 3 aromatic rings. The minimum absolute atomic E-state index is 0.187. The lowest BCUT2D eigenvalue weighted by molar-refractivity contribution is -0.121. The van der Waals surface area contributed by atoms with Crippen molar-refractivity contribution in [2.75, 3.05) is 5.75 Å². The predicted octanol–water partition coefficient (Wildman–Crippen LogP) is 4.78. The summed E-state index contributed by atoms with van der Waals surface area (Å²) >= 11 is 1.70. The molecule has 0 aliphatic heterocycles. The highest BCUT2D eigenvalue weighted by Gasteiger charge is 2.22. The predicted molar refractivity (Wildman–Crippen MR) is 117 cm³/mol. The number of nitrogens with zero attached hydrogens (tertiary/aromatic N) is 3. The first-order valence-electron chi connectivity index (χ1n) is 10.2. The third-order valence-electron chi connectivity index (χ3n) is 4.93. The molecule has 0 bridgehead atoms. The summed E-state index contributed by atoms with van der Waals surface area (Å²) < 4.78 is 2.12. The van der Waals surface area contributed by atoms with E-state index in [0.29, 0.717) is 12.5 Å². The second kappa shape index (κ2) is 9.27. The van der Waals surface area contributed by atoms with Crippen LogP contribution < -0.4 is 5.32 Å².